The van der Waals surface area contributed by atoms with Crippen LogP contribution in [0.1, 0.15) is 32.4 Å². The fraction of sp³-hybridized carbons (Fsp3) is 0.529. The van der Waals surface area contributed by atoms with Crippen LogP contribution in [0.4, 0.5) is 10.5 Å². The number of carboxylic acids is 1. The maximum atomic E-state index is 12.1. The summed E-state index contributed by atoms with van der Waals surface area (Å²) in [5.41, 5.74) is -0.403. The van der Waals surface area contributed by atoms with Crippen LogP contribution < -0.4 is 0 Å². The van der Waals surface area contributed by atoms with E-state index in [2.05, 4.69) is 0 Å². The number of hydrogen-bond donors (Lipinski definition) is 1. The molecule has 1 aromatic carbocycles. The fourth-order valence-electron chi connectivity index (χ4n) is 2.81. The first-order valence-electron chi connectivity index (χ1n) is 8.27. The first-order valence-corrected chi connectivity index (χ1v) is 8.27. The Hall–Kier alpha value is -2.68. The molecule has 1 unspecified atom stereocenters. The molecule has 9 heteroatoms. The molecule has 1 aliphatic heterocycles. The number of ether oxygens (including phenoxy) is 1. The van der Waals surface area contributed by atoms with Crippen molar-refractivity contribution in [3.63, 3.8) is 0 Å². The number of amides is 1. The zero-order chi connectivity index (χ0) is 19.5. The summed E-state index contributed by atoms with van der Waals surface area (Å²) in [7, 11) is 0. The standard InChI is InChI=1S/C17H23N3O6/c1-17(2,3)26-16(23)19-9-7-18(8-10-19)14(15(21)22)12-5-4-6-13(11-12)20(24)25/h4-6,11,14H,7-10H2,1-3H3,(H,21,22). The number of benzene rings is 1. The highest BCUT2D eigenvalue weighted by Crippen LogP contribution is 2.26. The van der Waals surface area contributed by atoms with Crippen LogP contribution in [0.3, 0.4) is 0 Å². The third kappa shape index (κ3) is 4.92. The second kappa shape index (κ2) is 7.69. The summed E-state index contributed by atoms with van der Waals surface area (Å²) >= 11 is 0. The molecule has 26 heavy (non-hydrogen) atoms. The SMILES string of the molecule is CC(C)(C)OC(=O)N1CCN(C(C(=O)O)c2cccc([N+](=O)[O-])c2)CC1. The van der Waals surface area contributed by atoms with Crippen LogP contribution in [0.25, 0.3) is 0 Å². The maximum absolute atomic E-state index is 12.1. The normalized spacial score (nSPS) is 16.8. The average Bonchev–Trinajstić information content (AvgIpc) is 2.54. The molecule has 1 aliphatic rings. The predicted molar refractivity (Wildman–Crippen MR) is 92.9 cm³/mol. The number of non-ortho nitro benzene ring substituents is 1. The molecule has 1 aromatic rings. The van der Waals surface area contributed by atoms with Crippen LogP contribution >= 0.6 is 0 Å². The molecule has 0 saturated carbocycles. The van der Waals surface area contributed by atoms with Gasteiger partial charge in [-0.2, -0.15) is 0 Å². The summed E-state index contributed by atoms with van der Waals surface area (Å²) < 4.78 is 5.32. The van der Waals surface area contributed by atoms with Crippen LogP contribution in [0.2, 0.25) is 0 Å². The molecule has 0 aromatic heterocycles. The minimum atomic E-state index is -1.09. The molecule has 1 heterocycles. The lowest BCUT2D eigenvalue weighted by molar-refractivity contribution is -0.384. The topological polar surface area (TPSA) is 113 Å². The summed E-state index contributed by atoms with van der Waals surface area (Å²) in [6.07, 6.45) is -0.431. The third-order valence-electron chi connectivity index (χ3n) is 3.96. The Bertz CT molecular complexity index is 692. The highest BCUT2D eigenvalue weighted by molar-refractivity contribution is 5.76. The number of nitro groups is 1. The quantitative estimate of drug-likeness (QED) is 0.643. The number of carboxylic acid groups (broad SMARTS) is 1. The monoisotopic (exact) mass is 365 g/mol. The van der Waals surface area contributed by atoms with Crippen molar-refractivity contribution in [3.8, 4) is 0 Å². The summed E-state index contributed by atoms with van der Waals surface area (Å²) in [4.78, 5) is 37.5. The van der Waals surface area contributed by atoms with Crippen LogP contribution in [-0.2, 0) is 9.53 Å². The number of nitro benzene ring substituents is 1. The zero-order valence-electron chi connectivity index (χ0n) is 15.0. The first-order chi connectivity index (χ1) is 12.1. The van der Waals surface area contributed by atoms with Gasteiger partial charge in [-0.25, -0.2) is 4.79 Å². The lowest BCUT2D eigenvalue weighted by Gasteiger charge is -2.38. The second-order valence-electron chi connectivity index (χ2n) is 7.10. The van der Waals surface area contributed by atoms with Crippen molar-refractivity contribution in [3.05, 3.63) is 39.9 Å². The van der Waals surface area contributed by atoms with Crippen molar-refractivity contribution in [1.82, 2.24) is 9.80 Å². The highest BCUT2D eigenvalue weighted by Gasteiger charge is 2.33. The Labute approximate surface area is 151 Å². The van der Waals surface area contributed by atoms with Crippen LogP contribution in [0, 0.1) is 10.1 Å². The van der Waals surface area contributed by atoms with Gasteiger partial charge < -0.3 is 14.7 Å². The van der Waals surface area contributed by atoms with Gasteiger partial charge in [0.1, 0.15) is 11.6 Å². The van der Waals surface area contributed by atoms with E-state index in [1.807, 2.05) is 0 Å². The van der Waals surface area contributed by atoms with E-state index in [0.717, 1.165) is 0 Å². The molecule has 9 nitrogen and oxygen atoms in total. The van der Waals surface area contributed by atoms with Crippen LogP contribution in [0.15, 0.2) is 24.3 Å². The molecule has 1 amide bonds. The summed E-state index contributed by atoms with van der Waals surface area (Å²) in [5, 5.41) is 20.6. The molecular weight excluding hydrogens is 342 g/mol. The van der Waals surface area contributed by atoms with Crippen molar-refractivity contribution in [1.29, 1.82) is 0 Å². The molecule has 142 valence electrons. The van der Waals surface area contributed by atoms with E-state index in [-0.39, 0.29) is 5.69 Å². The van der Waals surface area contributed by atoms with E-state index in [9.17, 15) is 24.8 Å². The fourth-order valence-corrected chi connectivity index (χ4v) is 2.81. The number of carbonyl (C=O) groups is 2. The van der Waals surface area contributed by atoms with Crippen molar-refractivity contribution < 1.29 is 24.4 Å². The van der Waals surface area contributed by atoms with Gasteiger partial charge in [0.15, 0.2) is 0 Å². The third-order valence-corrected chi connectivity index (χ3v) is 3.96. The predicted octanol–water partition coefficient (Wildman–Crippen LogP) is 2.27. The lowest BCUT2D eigenvalue weighted by Crippen LogP contribution is -2.52. The van der Waals surface area contributed by atoms with Gasteiger partial charge in [0.05, 0.1) is 4.92 Å². The summed E-state index contributed by atoms with van der Waals surface area (Å²) in [6.45, 7) is 6.66. The Morgan fingerprint density at radius 1 is 1.23 bits per heavy atom. The van der Waals surface area contributed by atoms with Gasteiger partial charge in [0.25, 0.3) is 5.69 Å². The van der Waals surface area contributed by atoms with Gasteiger partial charge in [-0.15, -0.1) is 0 Å². The number of carbonyl (C=O) groups excluding carboxylic acids is 1. The molecule has 2 rings (SSSR count). The largest absolute Gasteiger partial charge is 0.480 e. The van der Waals surface area contributed by atoms with E-state index in [0.29, 0.717) is 31.7 Å². The van der Waals surface area contributed by atoms with Gasteiger partial charge in [0.2, 0.25) is 0 Å². The number of hydrogen-bond acceptors (Lipinski definition) is 6. The molecule has 0 aliphatic carbocycles. The van der Waals surface area contributed by atoms with Crippen molar-refractivity contribution >= 4 is 17.7 Å². The average molecular weight is 365 g/mol. The molecule has 0 radical (unpaired) electrons. The minimum Gasteiger partial charge on any atom is -0.480 e. The molecule has 0 spiro atoms. The van der Waals surface area contributed by atoms with Gasteiger partial charge in [-0.1, -0.05) is 12.1 Å². The Morgan fingerprint density at radius 3 is 2.35 bits per heavy atom. The van der Waals surface area contributed by atoms with Crippen molar-refractivity contribution in [2.24, 2.45) is 0 Å². The summed E-state index contributed by atoms with van der Waals surface area (Å²) in [6, 6.07) is 4.63. The van der Waals surface area contributed by atoms with Gasteiger partial charge in [-0.3, -0.25) is 19.8 Å². The summed E-state index contributed by atoms with van der Waals surface area (Å²) in [5.74, 6) is -1.09. The van der Waals surface area contributed by atoms with E-state index in [4.69, 9.17) is 4.74 Å². The van der Waals surface area contributed by atoms with Gasteiger partial charge >= 0.3 is 12.1 Å². The molecule has 1 fully saturated rings. The van der Waals surface area contributed by atoms with E-state index >= 15 is 0 Å². The lowest BCUT2D eigenvalue weighted by atomic mass is 10.0. The Balaban J connectivity index is 2.09. The van der Waals surface area contributed by atoms with Crippen molar-refractivity contribution in [2.45, 2.75) is 32.4 Å². The Kier molecular flexibility index (Phi) is 5.81. The van der Waals surface area contributed by atoms with Crippen molar-refractivity contribution in [2.75, 3.05) is 26.2 Å². The first kappa shape index (κ1) is 19.6. The second-order valence-corrected chi connectivity index (χ2v) is 7.10. The van der Waals surface area contributed by atoms with E-state index in [1.54, 1.807) is 31.7 Å². The smallest absolute Gasteiger partial charge is 0.410 e. The van der Waals surface area contributed by atoms with Crippen LogP contribution in [-0.4, -0.2) is 63.7 Å². The van der Waals surface area contributed by atoms with E-state index < -0.39 is 28.6 Å². The molecular formula is C17H23N3O6. The Morgan fingerprint density at radius 2 is 1.85 bits per heavy atom. The van der Waals surface area contributed by atoms with Gasteiger partial charge in [-0.05, 0) is 26.3 Å². The number of nitrogens with zero attached hydrogens (tertiary/aromatic N) is 3. The number of aliphatic carboxylic acids is 1. The molecule has 1 N–H and O–H groups in total. The zero-order valence-corrected chi connectivity index (χ0v) is 15.0. The number of piperazine rings is 1. The maximum Gasteiger partial charge on any atom is 0.410 e. The minimum absolute atomic E-state index is 0.152. The molecule has 1 saturated heterocycles. The van der Waals surface area contributed by atoms with Crippen LogP contribution in [0.5, 0.6) is 0 Å². The van der Waals surface area contributed by atoms with E-state index in [1.165, 1.54) is 23.1 Å². The molecule has 0 bridgehead atoms. The highest BCUT2D eigenvalue weighted by atomic mass is 16.6. The van der Waals surface area contributed by atoms with Gasteiger partial charge in [0, 0.05) is 38.3 Å². The number of rotatable bonds is 4. The molecule has 1 atom stereocenters.